The first kappa shape index (κ1) is 21.0. The van der Waals surface area contributed by atoms with Crippen molar-refractivity contribution < 1.29 is 13.2 Å². The number of hydrogen-bond donors (Lipinski definition) is 2. The molecule has 150 valence electrons. The van der Waals surface area contributed by atoms with E-state index in [1.165, 1.54) is 0 Å². The lowest BCUT2D eigenvalue weighted by Crippen LogP contribution is -2.28. The Bertz CT molecular complexity index is 1070. The molecule has 0 aliphatic rings. The number of rotatable bonds is 7. The van der Waals surface area contributed by atoms with Crippen molar-refractivity contribution in [3.63, 3.8) is 0 Å². The van der Waals surface area contributed by atoms with Gasteiger partial charge in [0.15, 0.2) is 9.84 Å². The minimum atomic E-state index is -3.32. The Kier molecular flexibility index (Phi) is 7.00. The van der Waals surface area contributed by atoms with Crippen LogP contribution in [0.3, 0.4) is 0 Å². The van der Waals surface area contributed by atoms with Crippen LogP contribution in [0.4, 0.5) is 10.5 Å². The van der Waals surface area contributed by atoms with Gasteiger partial charge in [0, 0.05) is 29.1 Å². The van der Waals surface area contributed by atoms with Crippen LogP contribution in [0.1, 0.15) is 16.7 Å². The number of anilines is 1. The molecule has 6 nitrogen and oxygen atoms in total. The Hall–Kier alpha value is -2.71. The van der Waals surface area contributed by atoms with Crippen LogP contribution in [-0.2, 0) is 27.9 Å². The number of carbonyl (C=O) groups is 1. The summed E-state index contributed by atoms with van der Waals surface area (Å²) in [5.74, 6) is -0.102. The van der Waals surface area contributed by atoms with Crippen molar-refractivity contribution in [3.8, 4) is 0 Å². The zero-order chi connectivity index (χ0) is 20.7. The fourth-order valence-electron chi connectivity index (χ4n) is 2.70. The smallest absolute Gasteiger partial charge is 0.319 e. The third-order valence-electron chi connectivity index (χ3n) is 4.13. The molecule has 0 fully saturated rings. The summed E-state index contributed by atoms with van der Waals surface area (Å²) >= 11 is 3.38. The predicted octanol–water partition coefficient (Wildman–Crippen LogP) is 4.28. The monoisotopic (exact) mass is 473 g/mol. The molecule has 3 rings (SSSR count). The number of halogens is 1. The number of hydrogen-bond acceptors (Lipinski definition) is 4. The molecular weight excluding hydrogens is 454 g/mol. The first-order valence-electron chi connectivity index (χ1n) is 8.88. The van der Waals surface area contributed by atoms with Gasteiger partial charge in [-0.05, 0) is 47.0 Å². The van der Waals surface area contributed by atoms with Gasteiger partial charge >= 0.3 is 6.03 Å². The summed E-state index contributed by atoms with van der Waals surface area (Å²) in [7, 11) is -3.32. The zero-order valence-corrected chi connectivity index (χ0v) is 17.9. The van der Waals surface area contributed by atoms with E-state index in [1.54, 1.807) is 42.7 Å². The molecule has 0 bridgehead atoms. The lowest BCUT2D eigenvalue weighted by molar-refractivity contribution is 0.251. The Balaban J connectivity index is 1.54. The fourth-order valence-corrected chi connectivity index (χ4v) is 4.84. The van der Waals surface area contributed by atoms with E-state index in [0.717, 1.165) is 15.6 Å². The topological polar surface area (TPSA) is 88.2 Å². The van der Waals surface area contributed by atoms with Crippen LogP contribution < -0.4 is 10.6 Å². The molecule has 0 unspecified atom stereocenters. The molecule has 8 heteroatoms. The number of nitrogens with zero attached hydrogens (tertiary/aromatic N) is 1. The molecule has 1 heterocycles. The molecule has 0 radical (unpaired) electrons. The molecule has 3 aromatic rings. The summed E-state index contributed by atoms with van der Waals surface area (Å²) in [5.41, 5.74) is 2.93. The number of sulfone groups is 1. The standard InChI is InChI=1S/C21H20BrN3O3S/c22-20-4-2-1-3-18(20)15-29(27,28)14-17-5-7-19(8-6-17)25-21(26)24-13-16-9-11-23-12-10-16/h1-12H,13-15H2,(H2,24,25,26). The summed E-state index contributed by atoms with van der Waals surface area (Å²) in [6.07, 6.45) is 3.33. The Morgan fingerprint density at radius 1 is 0.897 bits per heavy atom. The van der Waals surface area contributed by atoms with Crippen LogP contribution in [0, 0.1) is 0 Å². The molecule has 0 aliphatic heterocycles. The average Bonchev–Trinajstić information content (AvgIpc) is 2.70. The molecule has 0 saturated carbocycles. The molecule has 2 amide bonds. The van der Waals surface area contributed by atoms with E-state index in [2.05, 4.69) is 31.5 Å². The minimum absolute atomic E-state index is 0.0359. The van der Waals surface area contributed by atoms with E-state index in [-0.39, 0.29) is 17.5 Å². The zero-order valence-electron chi connectivity index (χ0n) is 15.5. The van der Waals surface area contributed by atoms with Crippen LogP contribution in [0.2, 0.25) is 0 Å². The van der Waals surface area contributed by atoms with Crippen LogP contribution in [-0.4, -0.2) is 19.4 Å². The maximum absolute atomic E-state index is 12.5. The molecule has 29 heavy (non-hydrogen) atoms. The number of amides is 2. The Labute approximate surface area is 178 Å². The van der Waals surface area contributed by atoms with Crippen molar-refractivity contribution in [2.24, 2.45) is 0 Å². The van der Waals surface area contributed by atoms with Crippen molar-refractivity contribution in [2.75, 3.05) is 5.32 Å². The predicted molar refractivity (Wildman–Crippen MR) is 117 cm³/mol. The number of aromatic nitrogens is 1. The first-order valence-corrected chi connectivity index (χ1v) is 11.5. The van der Waals surface area contributed by atoms with Gasteiger partial charge < -0.3 is 10.6 Å². The number of carbonyl (C=O) groups excluding carboxylic acids is 1. The van der Waals surface area contributed by atoms with Crippen LogP contribution in [0.15, 0.2) is 77.5 Å². The highest BCUT2D eigenvalue weighted by atomic mass is 79.9. The fraction of sp³-hybridized carbons (Fsp3) is 0.143. The van der Waals surface area contributed by atoms with Crippen LogP contribution in [0.5, 0.6) is 0 Å². The maximum atomic E-state index is 12.5. The molecule has 2 aromatic carbocycles. The normalized spacial score (nSPS) is 11.1. The summed E-state index contributed by atoms with van der Waals surface area (Å²) in [6.45, 7) is 0.389. The second kappa shape index (κ2) is 9.67. The van der Waals surface area contributed by atoms with Crippen molar-refractivity contribution in [1.29, 1.82) is 0 Å². The average molecular weight is 474 g/mol. The van der Waals surface area contributed by atoms with E-state index >= 15 is 0 Å². The van der Waals surface area contributed by atoms with Gasteiger partial charge in [-0.25, -0.2) is 13.2 Å². The molecular formula is C21H20BrN3O3S. The largest absolute Gasteiger partial charge is 0.334 e. The maximum Gasteiger partial charge on any atom is 0.319 e. The molecule has 0 spiro atoms. The van der Waals surface area contributed by atoms with E-state index in [9.17, 15) is 13.2 Å². The summed E-state index contributed by atoms with van der Waals surface area (Å²) in [5, 5.41) is 5.48. The highest BCUT2D eigenvalue weighted by Gasteiger charge is 2.15. The van der Waals surface area contributed by atoms with Crippen molar-refractivity contribution in [3.05, 3.63) is 94.2 Å². The number of pyridine rings is 1. The highest BCUT2D eigenvalue weighted by molar-refractivity contribution is 9.10. The van der Waals surface area contributed by atoms with E-state index < -0.39 is 9.84 Å². The van der Waals surface area contributed by atoms with Gasteiger partial charge in [0.25, 0.3) is 0 Å². The SMILES string of the molecule is O=C(NCc1ccncc1)Nc1ccc(CS(=O)(=O)Cc2ccccc2Br)cc1. The summed E-state index contributed by atoms with van der Waals surface area (Å²) in [4.78, 5) is 15.9. The van der Waals surface area contributed by atoms with Gasteiger partial charge in [-0.2, -0.15) is 0 Å². The van der Waals surface area contributed by atoms with E-state index in [0.29, 0.717) is 17.8 Å². The van der Waals surface area contributed by atoms with Crippen molar-refractivity contribution in [1.82, 2.24) is 10.3 Å². The van der Waals surface area contributed by atoms with Gasteiger partial charge in [-0.3, -0.25) is 4.98 Å². The van der Waals surface area contributed by atoms with Crippen LogP contribution in [0.25, 0.3) is 0 Å². The van der Waals surface area contributed by atoms with E-state index in [1.807, 2.05) is 30.3 Å². The van der Waals surface area contributed by atoms with Gasteiger partial charge in [0.1, 0.15) is 0 Å². The Morgan fingerprint density at radius 2 is 1.59 bits per heavy atom. The van der Waals surface area contributed by atoms with Gasteiger partial charge in [-0.1, -0.05) is 46.3 Å². The number of urea groups is 1. The second-order valence-electron chi connectivity index (χ2n) is 6.48. The number of nitrogens with one attached hydrogen (secondary N) is 2. The third-order valence-corrected chi connectivity index (χ3v) is 6.43. The quantitative estimate of drug-likeness (QED) is 0.535. The summed E-state index contributed by atoms with van der Waals surface area (Å²) < 4.78 is 25.8. The molecule has 0 aliphatic carbocycles. The minimum Gasteiger partial charge on any atom is -0.334 e. The second-order valence-corrected chi connectivity index (χ2v) is 9.40. The first-order chi connectivity index (χ1) is 13.9. The van der Waals surface area contributed by atoms with Gasteiger partial charge in [0.05, 0.1) is 11.5 Å². The molecule has 1 aromatic heterocycles. The lowest BCUT2D eigenvalue weighted by atomic mass is 10.2. The molecule has 0 atom stereocenters. The Morgan fingerprint density at radius 3 is 2.28 bits per heavy atom. The third kappa shape index (κ3) is 6.69. The van der Waals surface area contributed by atoms with Crippen LogP contribution >= 0.6 is 15.9 Å². The van der Waals surface area contributed by atoms with Gasteiger partial charge in [0.2, 0.25) is 0 Å². The van der Waals surface area contributed by atoms with Crippen molar-refractivity contribution in [2.45, 2.75) is 18.1 Å². The highest BCUT2D eigenvalue weighted by Crippen LogP contribution is 2.21. The van der Waals surface area contributed by atoms with Crippen molar-refractivity contribution >= 4 is 37.5 Å². The van der Waals surface area contributed by atoms with E-state index in [4.69, 9.17) is 0 Å². The van der Waals surface area contributed by atoms with Gasteiger partial charge in [-0.15, -0.1) is 0 Å². The number of benzene rings is 2. The molecule has 2 N–H and O–H groups in total. The lowest BCUT2D eigenvalue weighted by Gasteiger charge is -2.09. The summed E-state index contributed by atoms with van der Waals surface area (Å²) in [6, 6.07) is 17.4. The molecule has 0 saturated heterocycles.